The minimum absolute atomic E-state index is 0. The number of rotatable bonds is 2. The zero-order valence-corrected chi connectivity index (χ0v) is 11.6. The van der Waals surface area contributed by atoms with Gasteiger partial charge in [0.15, 0.2) is 0 Å². The molecule has 2 rings (SSSR count). The van der Waals surface area contributed by atoms with Crippen molar-refractivity contribution in [3.63, 3.8) is 0 Å². The summed E-state index contributed by atoms with van der Waals surface area (Å²) in [4.78, 5) is 15.1. The second-order valence-electron chi connectivity index (χ2n) is 2.78. The van der Waals surface area contributed by atoms with Crippen LogP contribution in [0.5, 0.6) is 0 Å². The molecule has 0 saturated carbocycles. The molecule has 79 valence electrons. The van der Waals surface area contributed by atoms with Crippen molar-refractivity contribution >= 4 is 11.6 Å². The Hall–Kier alpha value is -1.07. The van der Waals surface area contributed by atoms with Gasteiger partial charge in [-0.1, -0.05) is 6.07 Å². The second kappa shape index (κ2) is 6.50. The van der Waals surface area contributed by atoms with Crippen molar-refractivity contribution in [2.45, 2.75) is 0 Å². The first-order chi connectivity index (χ1) is 7.38. The zero-order chi connectivity index (χ0) is 10.5. The van der Waals surface area contributed by atoms with Crippen LogP contribution in [0.4, 0.5) is 11.6 Å². The molecular weight excluding hydrogens is 279 g/mol. The normalized spacial score (nSPS) is 10.7. The van der Waals surface area contributed by atoms with Crippen molar-refractivity contribution in [1.29, 1.82) is 0 Å². The Morgan fingerprint density at radius 1 is 1.44 bits per heavy atom. The van der Waals surface area contributed by atoms with Gasteiger partial charge in [0.25, 0.3) is 0 Å². The molecule has 2 aromatic rings. The summed E-state index contributed by atoms with van der Waals surface area (Å²) < 4.78 is 0. The predicted molar refractivity (Wildman–Crippen MR) is 56.4 cm³/mol. The Morgan fingerprint density at radius 2 is 2.31 bits per heavy atom. The molecule has 6 heteroatoms. The van der Waals surface area contributed by atoms with Crippen molar-refractivity contribution in [2.24, 2.45) is 4.99 Å². The van der Waals surface area contributed by atoms with Gasteiger partial charge >= 0.3 is 0 Å². The fourth-order valence-corrected chi connectivity index (χ4v) is 1.08. The number of aromatic amines is 1. The molecule has 0 amide bonds. The fourth-order valence-electron chi connectivity index (χ4n) is 1.08. The summed E-state index contributed by atoms with van der Waals surface area (Å²) in [5.74, 6) is 1.32. The van der Waals surface area contributed by atoms with Gasteiger partial charge in [0.05, 0.1) is 0 Å². The van der Waals surface area contributed by atoms with Gasteiger partial charge < -0.3 is 16.4 Å². The number of hydrogen-bond acceptors (Lipinski definition) is 4. The summed E-state index contributed by atoms with van der Waals surface area (Å²) >= 11 is 0. The number of anilines is 2. The van der Waals surface area contributed by atoms with E-state index in [1.54, 1.807) is 19.4 Å². The van der Waals surface area contributed by atoms with Crippen LogP contribution in [-0.4, -0.2) is 22.0 Å². The molecule has 0 aliphatic rings. The molecule has 1 radical (unpaired) electrons. The van der Waals surface area contributed by atoms with Gasteiger partial charge in [0.2, 0.25) is 5.62 Å². The third-order valence-electron chi connectivity index (χ3n) is 1.75. The van der Waals surface area contributed by atoms with Crippen LogP contribution in [0.15, 0.2) is 35.6 Å². The summed E-state index contributed by atoms with van der Waals surface area (Å²) in [6, 6.07) is 8.52. The van der Waals surface area contributed by atoms with Crippen molar-refractivity contribution in [2.75, 3.05) is 12.4 Å². The fraction of sp³-hybridized carbons (Fsp3) is 0.100. The Labute approximate surface area is 118 Å². The molecule has 0 saturated heterocycles. The number of pyridine rings is 1. The summed E-state index contributed by atoms with van der Waals surface area (Å²) in [5, 5.41) is 3.02. The Balaban J connectivity index is 0.00000128. The molecule has 0 aliphatic heterocycles. The molecule has 0 spiro atoms. The zero-order valence-electron chi connectivity index (χ0n) is 8.81. The molecule has 5 nitrogen and oxygen atoms in total. The van der Waals surface area contributed by atoms with Crippen LogP contribution in [-0.2, 0) is 32.7 Å². The predicted octanol–water partition coefficient (Wildman–Crippen LogP) is 0.876. The van der Waals surface area contributed by atoms with E-state index in [0.29, 0.717) is 11.4 Å². The van der Waals surface area contributed by atoms with Crippen molar-refractivity contribution in [3.8, 4) is 0 Å². The third kappa shape index (κ3) is 3.50. The number of H-pyrrole nitrogens is 1. The van der Waals surface area contributed by atoms with Crippen LogP contribution in [0.2, 0.25) is 0 Å². The van der Waals surface area contributed by atoms with E-state index in [2.05, 4.69) is 31.3 Å². The van der Waals surface area contributed by atoms with Crippen molar-refractivity contribution < 1.29 is 32.7 Å². The van der Waals surface area contributed by atoms with Crippen molar-refractivity contribution in [3.05, 3.63) is 42.3 Å². The van der Waals surface area contributed by atoms with Gasteiger partial charge in [-0.25, -0.2) is 9.97 Å². The van der Waals surface area contributed by atoms with Gasteiger partial charge in [0.1, 0.15) is 5.82 Å². The average Bonchev–Trinajstić information content (AvgIpc) is 2.31. The Bertz CT molecular complexity index is 494. The molecule has 0 unspecified atom stereocenters. The van der Waals surface area contributed by atoms with Crippen LogP contribution >= 0.6 is 0 Å². The first-order valence-corrected chi connectivity index (χ1v) is 4.47. The number of nitrogens with one attached hydrogen (secondary N) is 2. The van der Waals surface area contributed by atoms with E-state index < -0.39 is 0 Å². The molecule has 0 bridgehead atoms. The van der Waals surface area contributed by atoms with E-state index in [9.17, 15) is 0 Å². The first-order valence-electron chi connectivity index (χ1n) is 4.47. The van der Waals surface area contributed by atoms with E-state index >= 15 is 0 Å². The first kappa shape index (κ1) is 13.0. The molecule has 0 aromatic carbocycles. The second-order valence-corrected chi connectivity index (χ2v) is 2.78. The van der Waals surface area contributed by atoms with E-state index in [1.807, 2.05) is 18.2 Å². The summed E-state index contributed by atoms with van der Waals surface area (Å²) in [6.45, 7) is 0. The minimum Gasteiger partial charge on any atom is -0.410 e. The van der Waals surface area contributed by atoms with Crippen LogP contribution < -0.4 is 10.9 Å². The molecule has 0 atom stereocenters. The van der Waals surface area contributed by atoms with E-state index in [1.165, 1.54) is 0 Å². The SMILES string of the molecule is CN=c1nc(Nc2ccccn2)[c-]c[nH]1.[Y]. The molecule has 2 heterocycles. The summed E-state index contributed by atoms with van der Waals surface area (Å²) in [7, 11) is 1.67. The standard InChI is InChI=1S/C10H10N5.Y/c1-11-10-13-7-5-9(15-10)14-8-4-2-3-6-12-8;/h2-4,6-7H,1H3,(H2,11,12,13,14,15);/q-1;. The van der Waals surface area contributed by atoms with Crippen LogP contribution in [0.25, 0.3) is 0 Å². The number of nitrogens with zero attached hydrogens (tertiary/aromatic N) is 3. The maximum atomic E-state index is 4.16. The van der Waals surface area contributed by atoms with Crippen molar-refractivity contribution in [1.82, 2.24) is 15.0 Å². The van der Waals surface area contributed by atoms with Gasteiger partial charge in [-0.3, -0.25) is 4.99 Å². The minimum atomic E-state index is 0. The van der Waals surface area contributed by atoms with Crippen LogP contribution in [0, 0.1) is 6.07 Å². The largest absolute Gasteiger partial charge is 0.410 e. The Kier molecular flexibility index (Phi) is 5.28. The molecular formula is C10H10N5Y-. The molecule has 0 aliphatic carbocycles. The van der Waals surface area contributed by atoms with Gasteiger partial charge in [-0.2, -0.15) is 6.20 Å². The van der Waals surface area contributed by atoms with Gasteiger partial charge in [-0.05, 0) is 18.0 Å². The maximum Gasteiger partial charge on any atom is 0.218 e. The van der Waals surface area contributed by atoms with E-state index in [0.717, 1.165) is 5.82 Å². The molecule has 2 aromatic heterocycles. The topological polar surface area (TPSA) is 66.0 Å². The Morgan fingerprint density at radius 3 is 3.00 bits per heavy atom. The number of aromatic nitrogens is 3. The molecule has 16 heavy (non-hydrogen) atoms. The van der Waals surface area contributed by atoms with Gasteiger partial charge in [-0.15, -0.1) is 0 Å². The maximum absolute atomic E-state index is 4.16. The van der Waals surface area contributed by atoms with Crippen LogP contribution in [0.3, 0.4) is 0 Å². The van der Waals surface area contributed by atoms with Gasteiger partial charge in [0, 0.05) is 46.0 Å². The molecule has 0 fully saturated rings. The summed E-state index contributed by atoms with van der Waals surface area (Å²) in [5.41, 5.74) is 0.548. The number of hydrogen-bond donors (Lipinski definition) is 2. The average molecular weight is 289 g/mol. The van der Waals surface area contributed by atoms with Crippen LogP contribution in [0.1, 0.15) is 0 Å². The van der Waals surface area contributed by atoms with E-state index in [4.69, 9.17) is 0 Å². The van der Waals surface area contributed by atoms with E-state index in [-0.39, 0.29) is 32.7 Å². The monoisotopic (exact) mass is 289 g/mol. The summed E-state index contributed by atoms with van der Waals surface area (Å²) in [6.07, 6.45) is 3.36. The quantitative estimate of drug-likeness (QED) is 0.806. The third-order valence-corrected chi connectivity index (χ3v) is 1.75. The smallest absolute Gasteiger partial charge is 0.218 e. The molecule has 2 N–H and O–H groups in total.